The minimum Gasteiger partial charge on any atom is -0.345 e. The molecular formula is C17H17N3O3S. The number of carbonyl (C=O) groups excluding carboxylic acids is 1. The zero-order chi connectivity index (χ0) is 17.3. The average Bonchev–Trinajstić information content (AvgIpc) is 3.10. The Labute approximate surface area is 141 Å². The zero-order valence-electron chi connectivity index (χ0n) is 13.3. The maximum absolute atomic E-state index is 12.4. The van der Waals surface area contributed by atoms with Gasteiger partial charge in [-0.3, -0.25) is 14.4 Å². The largest absolute Gasteiger partial charge is 0.345 e. The molecule has 0 aliphatic heterocycles. The van der Waals surface area contributed by atoms with Crippen LogP contribution in [-0.4, -0.2) is 15.5 Å². The Balaban J connectivity index is 1.96. The van der Waals surface area contributed by atoms with E-state index in [0.717, 1.165) is 4.88 Å². The molecule has 0 bridgehead atoms. The number of aryl methyl sites for hydroxylation is 1. The van der Waals surface area contributed by atoms with Crippen molar-refractivity contribution in [1.29, 1.82) is 0 Å². The summed E-state index contributed by atoms with van der Waals surface area (Å²) < 4.78 is 1.39. The lowest BCUT2D eigenvalue weighted by Crippen LogP contribution is -2.36. The van der Waals surface area contributed by atoms with Gasteiger partial charge in [0.15, 0.2) is 0 Å². The van der Waals surface area contributed by atoms with Crippen molar-refractivity contribution >= 4 is 28.3 Å². The number of nitrogens with zero attached hydrogens (tertiary/aromatic N) is 1. The van der Waals surface area contributed by atoms with Crippen LogP contribution in [0.5, 0.6) is 0 Å². The molecule has 124 valence electrons. The molecule has 0 spiro atoms. The van der Waals surface area contributed by atoms with Gasteiger partial charge < -0.3 is 14.9 Å². The molecule has 2 aromatic heterocycles. The molecule has 3 rings (SSSR count). The smallest absolute Gasteiger partial charge is 0.316 e. The number of benzene rings is 1. The molecular weight excluding hydrogens is 326 g/mol. The summed E-state index contributed by atoms with van der Waals surface area (Å²) in [7, 11) is 0. The fourth-order valence-electron chi connectivity index (χ4n) is 2.62. The van der Waals surface area contributed by atoms with Gasteiger partial charge in [-0.05, 0) is 43.5 Å². The molecule has 1 aromatic carbocycles. The third-order valence-electron chi connectivity index (χ3n) is 3.87. The fourth-order valence-corrected chi connectivity index (χ4v) is 3.36. The summed E-state index contributed by atoms with van der Waals surface area (Å²) >= 11 is 1.58. The van der Waals surface area contributed by atoms with E-state index in [1.807, 2.05) is 24.4 Å². The van der Waals surface area contributed by atoms with Crippen molar-refractivity contribution in [3.05, 3.63) is 66.9 Å². The molecule has 1 unspecified atom stereocenters. The van der Waals surface area contributed by atoms with Crippen LogP contribution in [0.25, 0.3) is 11.0 Å². The molecule has 0 saturated carbocycles. The highest BCUT2D eigenvalue weighted by atomic mass is 32.1. The van der Waals surface area contributed by atoms with Crippen LogP contribution in [0.1, 0.15) is 35.1 Å². The standard InChI is InChI=1S/C17H17N3O3S/c1-3-20-13-7-6-11(9-12(13)19-16(22)17(20)23)15(21)18-10(2)14-5-4-8-24-14/h4-10H,3H2,1-2H3,(H,18,21)(H,19,22). The van der Waals surface area contributed by atoms with Gasteiger partial charge in [-0.1, -0.05) is 6.07 Å². The molecule has 0 radical (unpaired) electrons. The third-order valence-corrected chi connectivity index (χ3v) is 4.93. The van der Waals surface area contributed by atoms with Gasteiger partial charge in [-0.15, -0.1) is 11.3 Å². The normalized spacial score (nSPS) is 12.2. The van der Waals surface area contributed by atoms with Crippen molar-refractivity contribution in [3.8, 4) is 0 Å². The van der Waals surface area contributed by atoms with Crippen LogP contribution in [0.4, 0.5) is 0 Å². The lowest BCUT2D eigenvalue weighted by atomic mass is 10.1. The van der Waals surface area contributed by atoms with E-state index in [-0.39, 0.29) is 11.9 Å². The molecule has 24 heavy (non-hydrogen) atoms. The summed E-state index contributed by atoms with van der Waals surface area (Å²) in [4.78, 5) is 39.6. The SMILES string of the molecule is CCn1c(=O)c(=O)[nH]c2cc(C(=O)NC(C)c3cccs3)ccc21. The Morgan fingerprint density at radius 2 is 2.12 bits per heavy atom. The van der Waals surface area contributed by atoms with Crippen molar-refractivity contribution in [1.82, 2.24) is 14.9 Å². The van der Waals surface area contributed by atoms with Gasteiger partial charge in [-0.2, -0.15) is 0 Å². The number of rotatable bonds is 4. The Kier molecular flexibility index (Phi) is 4.35. The zero-order valence-corrected chi connectivity index (χ0v) is 14.1. The van der Waals surface area contributed by atoms with Crippen molar-refractivity contribution in [2.45, 2.75) is 26.4 Å². The summed E-state index contributed by atoms with van der Waals surface area (Å²) in [5.74, 6) is -0.229. The number of fused-ring (bicyclic) bond motifs is 1. The molecule has 3 aromatic rings. The summed E-state index contributed by atoms with van der Waals surface area (Å²) in [5.41, 5.74) is 0.230. The molecule has 0 aliphatic carbocycles. The fraction of sp³-hybridized carbons (Fsp3) is 0.235. The molecule has 0 fully saturated rings. The van der Waals surface area contributed by atoms with Crippen LogP contribution >= 0.6 is 11.3 Å². The second-order valence-corrected chi connectivity index (χ2v) is 6.43. The van der Waals surface area contributed by atoms with Gasteiger partial charge in [0.05, 0.1) is 17.1 Å². The summed E-state index contributed by atoms with van der Waals surface area (Å²) in [5, 5.41) is 4.89. The molecule has 1 atom stereocenters. The van der Waals surface area contributed by atoms with E-state index < -0.39 is 11.1 Å². The van der Waals surface area contributed by atoms with Gasteiger partial charge in [0.1, 0.15) is 0 Å². The van der Waals surface area contributed by atoms with E-state index in [2.05, 4.69) is 10.3 Å². The van der Waals surface area contributed by atoms with Crippen LogP contribution in [-0.2, 0) is 6.54 Å². The highest BCUT2D eigenvalue weighted by Gasteiger charge is 2.14. The number of hydrogen-bond donors (Lipinski definition) is 2. The number of carbonyl (C=O) groups is 1. The number of thiophene rings is 1. The molecule has 7 heteroatoms. The van der Waals surface area contributed by atoms with E-state index in [4.69, 9.17) is 0 Å². The number of amides is 1. The van der Waals surface area contributed by atoms with Gasteiger partial charge in [0.2, 0.25) is 0 Å². The lowest BCUT2D eigenvalue weighted by Gasteiger charge is -2.13. The minimum atomic E-state index is -0.686. The third kappa shape index (κ3) is 2.90. The van der Waals surface area contributed by atoms with Crippen molar-refractivity contribution in [3.63, 3.8) is 0 Å². The van der Waals surface area contributed by atoms with Crippen molar-refractivity contribution in [2.75, 3.05) is 0 Å². The lowest BCUT2D eigenvalue weighted by molar-refractivity contribution is 0.0940. The average molecular weight is 343 g/mol. The summed E-state index contributed by atoms with van der Waals surface area (Å²) in [6, 6.07) is 8.74. The molecule has 2 N–H and O–H groups in total. The van der Waals surface area contributed by atoms with Gasteiger partial charge in [0.25, 0.3) is 5.91 Å². The Bertz CT molecular complexity index is 1000. The first-order valence-corrected chi connectivity index (χ1v) is 8.50. The van der Waals surface area contributed by atoms with Crippen LogP contribution in [0, 0.1) is 0 Å². The first kappa shape index (κ1) is 16.2. The van der Waals surface area contributed by atoms with E-state index in [1.165, 1.54) is 4.57 Å². The number of H-pyrrole nitrogens is 1. The van der Waals surface area contributed by atoms with Crippen LogP contribution < -0.4 is 16.4 Å². The Morgan fingerprint density at radius 1 is 1.33 bits per heavy atom. The predicted octanol–water partition coefficient (Wildman–Crippen LogP) is 2.26. The number of nitrogens with one attached hydrogen (secondary N) is 2. The topological polar surface area (TPSA) is 84.0 Å². The Morgan fingerprint density at radius 3 is 2.79 bits per heavy atom. The molecule has 0 aliphatic rings. The maximum Gasteiger partial charge on any atom is 0.316 e. The highest BCUT2D eigenvalue weighted by molar-refractivity contribution is 7.10. The van der Waals surface area contributed by atoms with E-state index in [1.54, 1.807) is 36.5 Å². The molecule has 0 saturated heterocycles. The van der Waals surface area contributed by atoms with E-state index >= 15 is 0 Å². The first-order valence-electron chi connectivity index (χ1n) is 7.62. The van der Waals surface area contributed by atoms with Crippen LogP contribution in [0.15, 0.2) is 45.3 Å². The van der Waals surface area contributed by atoms with Crippen LogP contribution in [0.2, 0.25) is 0 Å². The monoisotopic (exact) mass is 343 g/mol. The highest BCUT2D eigenvalue weighted by Crippen LogP contribution is 2.19. The maximum atomic E-state index is 12.4. The molecule has 1 amide bonds. The van der Waals surface area contributed by atoms with Gasteiger partial charge in [-0.25, -0.2) is 0 Å². The second-order valence-electron chi connectivity index (χ2n) is 5.45. The van der Waals surface area contributed by atoms with Crippen molar-refractivity contribution in [2.24, 2.45) is 0 Å². The first-order chi connectivity index (χ1) is 11.5. The predicted molar refractivity (Wildman–Crippen MR) is 94.7 cm³/mol. The van der Waals surface area contributed by atoms with Gasteiger partial charge >= 0.3 is 11.1 Å². The number of hydrogen-bond acceptors (Lipinski definition) is 4. The van der Waals surface area contributed by atoms with E-state index in [0.29, 0.717) is 23.1 Å². The van der Waals surface area contributed by atoms with E-state index in [9.17, 15) is 14.4 Å². The van der Waals surface area contributed by atoms with Crippen molar-refractivity contribution < 1.29 is 4.79 Å². The van der Waals surface area contributed by atoms with Crippen LogP contribution in [0.3, 0.4) is 0 Å². The molecule has 2 heterocycles. The second kappa shape index (κ2) is 6.45. The summed E-state index contributed by atoms with van der Waals surface area (Å²) in [6.07, 6.45) is 0. The number of aromatic amines is 1. The summed E-state index contributed by atoms with van der Waals surface area (Å²) in [6.45, 7) is 4.10. The quantitative estimate of drug-likeness (QED) is 0.713. The van der Waals surface area contributed by atoms with Gasteiger partial charge in [0, 0.05) is 17.0 Å². The number of aromatic nitrogens is 2. The molecule has 6 nitrogen and oxygen atoms in total. The Hall–Kier alpha value is -2.67. The minimum absolute atomic E-state index is 0.100.